The van der Waals surface area contributed by atoms with Crippen LogP contribution in [-0.2, 0) is 4.74 Å². The Bertz CT molecular complexity index is 295. The number of nitrogens with one attached hydrogen (secondary N) is 1. The fourth-order valence-corrected chi connectivity index (χ4v) is 4.40. The largest absolute Gasteiger partial charge is 0.373 e. The van der Waals surface area contributed by atoms with Crippen LogP contribution in [0.4, 0.5) is 0 Å². The van der Waals surface area contributed by atoms with Gasteiger partial charge in [-0.15, -0.1) is 0 Å². The minimum Gasteiger partial charge on any atom is -0.373 e. The van der Waals surface area contributed by atoms with E-state index in [0.29, 0.717) is 23.7 Å². The molecule has 0 aromatic carbocycles. The van der Waals surface area contributed by atoms with Crippen LogP contribution in [-0.4, -0.2) is 49.3 Å². The topological polar surface area (TPSA) is 24.5 Å². The summed E-state index contributed by atoms with van der Waals surface area (Å²) in [5.74, 6) is 0.788. The quantitative estimate of drug-likeness (QED) is 0.858. The van der Waals surface area contributed by atoms with Crippen molar-refractivity contribution in [1.82, 2.24) is 10.2 Å². The van der Waals surface area contributed by atoms with Crippen molar-refractivity contribution in [3.63, 3.8) is 0 Å². The number of nitrogens with zero attached hydrogens (tertiary/aromatic N) is 1. The van der Waals surface area contributed by atoms with E-state index in [4.69, 9.17) is 4.74 Å². The minimum absolute atomic E-state index is 0.382. The van der Waals surface area contributed by atoms with E-state index in [1.807, 2.05) is 0 Å². The smallest absolute Gasteiger partial charge is 0.0678 e. The maximum absolute atomic E-state index is 5.86. The number of morpholine rings is 1. The Labute approximate surface area is 125 Å². The highest BCUT2D eigenvalue weighted by atomic mass is 16.5. The first-order valence-corrected chi connectivity index (χ1v) is 8.53. The summed E-state index contributed by atoms with van der Waals surface area (Å²) in [6.07, 6.45) is 4.88. The van der Waals surface area contributed by atoms with Gasteiger partial charge in [-0.05, 0) is 44.6 Å². The standard InChI is InChI=1S/C17H34N2O/c1-6-18-16-15(8-7-9-17(16,4)5)12-19-10-13(2)20-14(3)11-19/h13-16,18H,6-12H2,1-5H3/t13-,14+,15?,16?. The molecule has 20 heavy (non-hydrogen) atoms. The van der Waals surface area contributed by atoms with Gasteiger partial charge in [0.25, 0.3) is 0 Å². The van der Waals surface area contributed by atoms with Crippen LogP contribution >= 0.6 is 0 Å². The fourth-order valence-electron chi connectivity index (χ4n) is 4.40. The van der Waals surface area contributed by atoms with Crippen molar-refractivity contribution in [2.75, 3.05) is 26.2 Å². The van der Waals surface area contributed by atoms with Crippen LogP contribution in [0.1, 0.15) is 53.9 Å². The van der Waals surface area contributed by atoms with Gasteiger partial charge in [0.1, 0.15) is 0 Å². The van der Waals surface area contributed by atoms with E-state index in [2.05, 4.69) is 44.8 Å². The van der Waals surface area contributed by atoms with Crippen molar-refractivity contribution in [3.05, 3.63) is 0 Å². The van der Waals surface area contributed by atoms with E-state index in [1.54, 1.807) is 0 Å². The summed E-state index contributed by atoms with van der Waals surface area (Å²) in [6.45, 7) is 16.0. The molecule has 3 heteroatoms. The lowest BCUT2D eigenvalue weighted by Crippen LogP contribution is -2.55. The molecule has 2 unspecified atom stereocenters. The Morgan fingerprint density at radius 1 is 1.20 bits per heavy atom. The normalized spacial score (nSPS) is 38.9. The van der Waals surface area contributed by atoms with Crippen molar-refractivity contribution in [1.29, 1.82) is 0 Å². The van der Waals surface area contributed by atoms with Crippen molar-refractivity contribution in [2.45, 2.75) is 72.1 Å². The second kappa shape index (κ2) is 6.76. The molecule has 1 aliphatic carbocycles. The van der Waals surface area contributed by atoms with Gasteiger partial charge >= 0.3 is 0 Å². The molecule has 2 rings (SSSR count). The first-order valence-electron chi connectivity index (χ1n) is 8.53. The van der Waals surface area contributed by atoms with Gasteiger partial charge in [0.15, 0.2) is 0 Å². The zero-order chi connectivity index (χ0) is 14.8. The average Bonchev–Trinajstić information content (AvgIpc) is 2.32. The van der Waals surface area contributed by atoms with Crippen LogP contribution in [0.5, 0.6) is 0 Å². The van der Waals surface area contributed by atoms with Gasteiger partial charge in [0.2, 0.25) is 0 Å². The summed E-state index contributed by atoms with van der Waals surface area (Å²) in [4.78, 5) is 2.63. The zero-order valence-corrected chi connectivity index (χ0v) is 14.1. The highest BCUT2D eigenvalue weighted by Gasteiger charge is 2.39. The molecule has 0 aromatic rings. The lowest BCUT2D eigenvalue weighted by Gasteiger charge is -2.47. The number of ether oxygens (including phenoxy) is 1. The first kappa shape index (κ1) is 16.3. The molecule has 0 spiro atoms. The molecule has 1 heterocycles. The Hall–Kier alpha value is -0.120. The zero-order valence-electron chi connectivity index (χ0n) is 14.1. The highest BCUT2D eigenvalue weighted by Crippen LogP contribution is 2.39. The molecule has 0 bridgehead atoms. The fraction of sp³-hybridized carbons (Fsp3) is 1.00. The van der Waals surface area contributed by atoms with E-state index >= 15 is 0 Å². The van der Waals surface area contributed by atoms with Gasteiger partial charge < -0.3 is 10.1 Å². The maximum Gasteiger partial charge on any atom is 0.0678 e. The Kier molecular flexibility index (Phi) is 5.49. The predicted molar refractivity (Wildman–Crippen MR) is 85.0 cm³/mol. The molecular formula is C17H34N2O. The van der Waals surface area contributed by atoms with Crippen molar-refractivity contribution >= 4 is 0 Å². The monoisotopic (exact) mass is 282 g/mol. The second-order valence-corrected chi connectivity index (χ2v) is 7.65. The lowest BCUT2D eigenvalue weighted by molar-refractivity contribution is -0.0761. The van der Waals surface area contributed by atoms with Crippen LogP contribution in [0.3, 0.4) is 0 Å². The minimum atomic E-state index is 0.382. The van der Waals surface area contributed by atoms with Crippen molar-refractivity contribution in [3.8, 4) is 0 Å². The molecule has 1 aliphatic heterocycles. The summed E-state index contributed by atoms with van der Waals surface area (Å²) in [5.41, 5.74) is 0.433. The summed E-state index contributed by atoms with van der Waals surface area (Å²) in [7, 11) is 0. The molecule has 0 aromatic heterocycles. The summed E-state index contributed by atoms with van der Waals surface area (Å²) < 4.78 is 5.86. The summed E-state index contributed by atoms with van der Waals surface area (Å²) in [5, 5.41) is 3.78. The van der Waals surface area contributed by atoms with E-state index < -0.39 is 0 Å². The number of rotatable bonds is 4. The second-order valence-electron chi connectivity index (χ2n) is 7.65. The third-order valence-corrected chi connectivity index (χ3v) is 5.12. The number of hydrogen-bond acceptors (Lipinski definition) is 3. The molecule has 0 amide bonds. The molecule has 3 nitrogen and oxygen atoms in total. The highest BCUT2D eigenvalue weighted by molar-refractivity contribution is 4.94. The van der Waals surface area contributed by atoms with Crippen LogP contribution < -0.4 is 5.32 Å². The van der Waals surface area contributed by atoms with Gasteiger partial charge in [-0.2, -0.15) is 0 Å². The molecule has 1 saturated carbocycles. The molecule has 0 radical (unpaired) electrons. The molecule has 118 valence electrons. The molecule has 2 aliphatic rings. The average molecular weight is 282 g/mol. The molecule has 1 N–H and O–H groups in total. The SMILES string of the molecule is CCNC1C(CN2C[C@@H](C)O[C@@H](C)C2)CCCC1(C)C. The van der Waals surface area contributed by atoms with Gasteiger partial charge in [-0.25, -0.2) is 0 Å². The summed E-state index contributed by atoms with van der Waals surface area (Å²) in [6, 6.07) is 0.662. The maximum atomic E-state index is 5.86. The van der Waals surface area contributed by atoms with Gasteiger partial charge in [-0.3, -0.25) is 4.90 Å². The van der Waals surface area contributed by atoms with Gasteiger partial charge in [0.05, 0.1) is 12.2 Å². The van der Waals surface area contributed by atoms with Crippen LogP contribution in [0.2, 0.25) is 0 Å². The molecule has 4 atom stereocenters. The Morgan fingerprint density at radius 2 is 1.85 bits per heavy atom. The van der Waals surface area contributed by atoms with Crippen molar-refractivity contribution in [2.24, 2.45) is 11.3 Å². The lowest BCUT2D eigenvalue weighted by atomic mass is 9.67. The third kappa shape index (κ3) is 3.96. The summed E-state index contributed by atoms with van der Waals surface area (Å²) >= 11 is 0. The predicted octanol–water partition coefficient (Wildman–Crippen LogP) is 2.90. The molecule has 1 saturated heterocycles. The van der Waals surface area contributed by atoms with E-state index in [-0.39, 0.29) is 0 Å². The van der Waals surface area contributed by atoms with E-state index in [1.165, 1.54) is 25.8 Å². The van der Waals surface area contributed by atoms with Crippen LogP contribution in [0, 0.1) is 11.3 Å². The van der Waals surface area contributed by atoms with Gasteiger partial charge in [0, 0.05) is 25.7 Å². The van der Waals surface area contributed by atoms with E-state index in [0.717, 1.165) is 25.6 Å². The first-order chi connectivity index (χ1) is 9.42. The Balaban J connectivity index is 1.98. The van der Waals surface area contributed by atoms with E-state index in [9.17, 15) is 0 Å². The van der Waals surface area contributed by atoms with Crippen molar-refractivity contribution < 1.29 is 4.74 Å². The third-order valence-electron chi connectivity index (χ3n) is 5.12. The molecular weight excluding hydrogens is 248 g/mol. The van der Waals surface area contributed by atoms with Crippen LogP contribution in [0.25, 0.3) is 0 Å². The van der Waals surface area contributed by atoms with Gasteiger partial charge in [-0.1, -0.05) is 27.2 Å². The number of hydrogen-bond donors (Lipinski definition) is 1. The molecule has 2 fully saturated rings. The Morgan fingerprint density at radius 3 is 2.45 bits per heavy atom. The van der Waals surface area contributed by atoms with Crippen LogP contribution in [0.15, 0.2) is 0 Å².